The van der Waals surface area contributed by atoms with E-state index in [0.29, 0.717) is 17.0 Å². The van der Waals surface area contributed by atoms with E-state index < -0.39 is 5.91 Å². The number of hydrogen-bond donors (Lipinski definition) is 3. The molecule has 1 heterocycles. The maximum Gasteiger partial charge on any atom is 0.289 e. The van der Waals surface area contributed by atoms with Crippen molar-refractivity contribution in [2.75, 3.05) is 0 Å². The molecule has 0 aliphatic carbocycles. The number of aromatic amines is 1. The van der Waals surface area contributed by atoms with Crippen molar-refractivity contribution in [2.45, 2.75) is 6.92 Å². The number of benzene rings is 2. The van der Waals surface area contributed by atoms with Crippen molar-refractivity contribution in [2.24, 2.45) is 5.10 Å². The maximum absolute atomic E-state index is 12.1. The minimum atomic E-state index is -0.410. The lowest BCUT2D eigenvalue weighted by Crippen LogP contribution is -2.18. The van der Waals surface area contributed by atoms with Crippen LogP contribution in [0.1, 0.15) is 21.6 Å². The van der Waals surface area contributed by atoms with Gasteiger partial charge in [-0.3, -0.25) is 9.89 Å². The fraction of sp³-hybridized carbons (Fsp3) is 0.0556. The summed E-state index contributed by atoms with van der Waals surface area (Å²) in [6.45, 7) is 1.88. The summed E-state index contributed by atoms with van der Waals surface area (Å²) in [5.41, 5.74) is 5.77. The summed E-state index contributed by atoms with van der Waals surface area (Å²) in [5.74, 6) is -0.298. The lowest BCUT2D eigenvalue weighted by molar-refractivity contribution is 0.0950. The number of H-pyrrole nitrogens is 1. The van der Waals surface area contributed by atoms with Gasteiger partial charge in [0.25, 0.3) is 5.91 Å². The van der Waals surface area contributed by atoms with Gasteiger partial charge in [0, 0.05) is 11.1 Å². The standard InChI is InChI=1S/C18H16N4O2/c1-12-7-8-14(17(23)9-12)11-19-22-18(24)16-10-15(20-21-16)13-5-3-2-4-6-13/h2-11,23H,1H3,(H,20,21)(H,22,24)/b19-11+. The first-order chi connectivity index (χ1) is 11.6. The summed E-state index contributed by atoms with van der Waals surface area (Å²) < 4.78 is 0. The number of hydrogen-bond acceptors (Lipinski definition) is 4. The van der Waals surface area contributed by atoms with Crippen LogP contribution < -0.4 is 5.43 Å². The Morgan fingerprint density at radius 2 is 2.00 bits per heavy atom. The summed E-state index contributed by atoms with van der Waals surface area (Å²) in [6.07, 6.45) is 1.39. The lowest BCUT2D eigenvalue weighted by atomic mass is 10.1. The highest BCUT2D eigenvalue weighted by molar-refractivity contribution is 5.94. The first kappa shape index (κ1) is 15.5. The van der Waals surface area contributed by atoms with E-state index in [0.717, 1.165) is 11.1 Å². The van der Waals surface area contributed by atoms with Gasteiger partial charge in [-0.15, -0.1) is 0 Å². The van der Waals surface area contributed by atoms with Crippen LogP contribution in [0.3, 0.4) is 0 Å². The van der Waals surface area contributed by atoms with E-state index in [4.69, 9.17) is 0 Å². The van der Waals surface area contributed by atoms with Crippen molar-refractivity contribution in [3.8, 4) is 17.0 Å². The van der Waals surface area contributed by atoms with Gasteiger partial charge in [0.15, 0.2) is 0 Å². The van der Waals surface area contributed by atoms with E-state index in [1.54, 1.807) is 18.2 Å². The number of nitrogens with one attached hydrogen (secondary N) is 2. The Bertz CT molecular complexity index is 885. The van der Waals surface area contributed by atoms with Crippen molar-refractivity contribution in [3.63, 3.8) is 0 Å². The number of rotatable bonds is 4. The van der Waals surface area contributed by atoms with Crippen LogP contribution in [0.5, 0.6) is 5.75 Å². The third-order valence-corrected chi connectivity index (χ3v) is 3.45. The number of carbonyl (C=O) groups is 1. The van der Waals surface area contributed by atoms with Crippen LogP contribution in [-0.2, 0) is 0 Å². The fourth-order valence-electron chi connectivity index (χ4n) is 2.18. The molecule has 24 heavy (non-hydrogen) atoms. The molecular weight excluding hydrogens is 304 g/mol. The molecule has 0 spiro atoms. The largest absolute Gasteiger partial charge is 0.507 e. The molecule has 0 unspecified atom stereocenters. The maximum atomic E-state index is 12.1. The Balaban J connectivity index is 1.67. The molecule has 0 aliphatic rings. The number of aromatic hydroxyl groups is 1. The molecule has 0 atom stereocenters. The van der Waals surface area contributed by atoms with Crippen LogP contribution in [0.4, 0.5) is 0 Å². The third kappa shape index (κ3) is 3.49. The number of hydrazone groups is 1. The van der Waals surface area contributed by atoms with Crippen molar-refractivity contribution >= 4 is 12.1 Å². The first-order valence-electron chi connectivity index (χ1n) is 7.37. The second-order valence-electron chi connectivity index (χ2n) is 5.29. The normalized spacial score (nSPS) is 10.9. The number of carbonyl (C=O) groups excluding carboxylic acids is 1. The molecule has 0 saturated heterocycles. The first-order valence-corrected chi connectivity index (χ1v) is 7.37. The highest BCUT2D eigenvalue weighted by atomic mass is 16.3. The van der Waals surface area contributed by atoms with Gasteiger partial charge in [0.05, 0.1) is 11.9 Å². The molecule has 3 rings (SSSR count). The van der Waals surface area contributed by atoms with Crippen LogP contribution in [-0.4, -0.2) is 27.4 Å². The minimum Gasteiger partial charge on any atom is -0.507 e. The molecule has 2 aromatic carbocycles. The Kier molecular flexibility index (Phi) is 4.38. The third-order valence-electron chi connectivity index (χ3n) is 3.45. The summed E-state index contributed by atoms with van der Waals surface area (Å²) in [4.78, 5) is 12.1. The van der Waals surface area contributed by atoms with E-state index in [1.165, 1.54) is 6.21 Å². The van der Waals surface area contributed by atoms with E-state index in [9.17, 15) is 9.90 Å². The highest BCUT2D eigenvalue weighted by Crippen LogP contribution is 2.17. The smallest absolute Gasteiger partial charge is 0.289 e. The average molecular weight is 320 g/mol. The predicted molar refractivity (Wildman–Crippen MR) is 91.9 cm³/mol. The van der Waals surface area contributed by atoms with Crippen molar-refractivity contribution < 1.29 is 9.90 Å². The summed E-state index contributed by atoms with van der Waals surface area (Å²) >= 11 is 0. The van der Waals surface area contributed by atoms with E-state index in [2.05, 4.69) is 20.7 Å². The number of phenolic OH excluding ortho intramolecular Hbond substituents is 1. The second kappa shape index (κ2) is 6.78. The van der Waals surface area contributed by atoms with Gasteiger partial charge in [-0.2, -0.15) is 10.2 Å². The summed E-state index contributed by atoms with van der Waals surface area (Å²) in [6, 6.07) is 16.4. The monoisotopic (exact) mass is 320 g/mol. The Morgan fingerprint density at radius 1 is 1.21 bits per heavy atom. The van der Waals surface area contributed by atoms with Crippen molar-refractivity contribution in [1.82, 2.24) is 15.6 Å². The minimum absolute atomic E-state index is 0.112. The lowest BCUT2D eigenvalue weighted by Gasteiger charge is -2.00. The Morgan fingerprint density at radius 3 is 2.75 bits per heavy atom. The molecule has 0 fully saturated rings. The molecule has 3 N–H and O–H groups in total. The molecular formula is C18H16N4O2. The molecule has 0 radical (unpaired) electrons. The summed E-state index contributed by atoms with van der Waals surface area (Å²) in [7, 11) is 0. The number of nitrogens with zero attached hydrogens (tertiary/aromatic N) is 2. The highest BCUT2D eigenvalue weighted by Gasteiger charge is 2.10. The number of phenols is 1. The van der Waals surface area contributed by atoms with Crippen molar-refractivity contribution in [3.05, 3.63) is 71.4 Å². The zero-order valence-electron chi connectivity index (χ0n) is 13.0. The van der Waals surface area contributed by atoms with Gasteiger partial charge in [-0.25, -0.2) is 5.43 Å². The average Bonchev–Trinajstić information content (AvgIpc) is 3.08. The summed E-state index contributed by atoms with van der Waals surface area (Å²) in [5, 5.41) is 20.4. The fourth-order valence-corrected chi connectivity index (χ4v) is 2.18. The number of amides is 1. The predicted octanol–water partition coefficient (Wildman–Crippen LogP) is 2.85. The molecule has 120 valence electrons. The molecule has 0 aliphatic heterocycles. The van der Waals surface area contributed by atoms with E-state index in [1.807, 2.05) is 43.3 Å². The van der Waals surface area contributed by atoms with Gasteiger partial charge >= 0.3 is 0 Å². The molecule has 0 saturated carbocycles. The van der Waals surface area contributed by atoms with Gasteiger partial charge in [0.2, 0.25) is 0 Å². The topological polar surface area (TPSA) is 90.4 Å². The van der Waals surface area contributed by atoms with Crippen LogP contribution in [0.25, 0.3) is 11.3 Å². The van der Waals surface area contributed by atoms with Crippen LogP contribution in [0.2, 0.25) is 0 Å². The quantitative estimate of drug-likeness (QED) is 0.510. The molecule has 3 aromatic rings. The number of aromatic nitrogens is 2. The van der Waals surface area contributed by atoms with Crippen LogP contribution >= 0.6 is 0 Å². The Hall–Kier alpha value is -3.41. The van der Waals surface area contributed by atoms with Crippen molar-refractivity contribution in [1.29, 1.82) is 0 Å². The van der Waals surface area contributed by atoms with Gasteiger partial charge in [-0.05, 0) is 30.7 Å². The molecule has 6 nitrogen and oxygen atoms in total. The molecule has 1 amide bonds. The second-order valence-corrected chi connectivity index (χ2v) is 5.29. The van der Waals surface area contributed by atoms with Crippen LogP contribution in [0, 0.1) is 6.92 Å². The zero-order valence-corrected chi connectivity index (χ0v) is 13.0. The number of aryl methyl sites for hydroxylation is 1. The van der Waals surface area contributed by atoms with Gasteiger partial charge in [-0.1, -0.05) is 36.4 Å². The Labute approximate surface area is 138 Å². The molecule has 1 aromatic heterocycles. The molecule has 6 heteroatoms. The van der Waals surface area contributed by atoms with Crippen LogP contribution in [0.15, 0.2) is 59.7 Å². The van der Waals surface area contributed by atoms with Gasteiger partial charge in [0.1, 0.15) is 11.4 Å². The van der Waals surface area contributed by atoms with Gasteiger partial charge < -0.3 is 5.11 Å². The SMILES string of the molecule is Cc1ccc(/C=N/NC(=O)c2cc(-c3ccccc3)n[nH]2)c(O)c1. The zero-order chi connectivity index (χ0) is 16.9. The molecule has 0 bridgehead atoms. The van der Waals surface area contributed by atoms with E-state index in [-0.39, 0.29) is 5.75 Å². The van der Waals surface area contributed by atoms with E-state index >= 15 is 0 Å².